The van der Waals surface area contributed by atoms with Gasteiger partial charge < -0.3 is 18.9 Å². The molecule has 1 rings (SSSR count). The number of hydrogen-bond acceptors (Lipinski definition) is 5. The molecule has 0 radical (unpaired) electrons. The lowest BCUT2D eigenvalue weighted by Crippen LogP contribution is -2.47. The van der Waals surface area contributed by atoms with Crippen LogP contribution in [0.1, 0.15) is 53.4 Å². The van der Waals surface area contributed by atoms with Crippen LogP contribution in [0.15, 0.2) is 0 Å². The molecule has 1 heterocycles. The highest BCUT2D eigenvalue weighted by Crippen LogP contribution is 2.34. The van der Waals surface area contributed by atoms with E-state index in [1.54, 1.807) is 0 Å². The van der Waals surface area contributed by atoms with E-state index >= 15 is 0 Å². The van der Waals surface area contributed by atoms with Gasteiger partial charge in [-0.05, 0) is 19.8 Å². The molecule has 0 spiro atoms. The first-order valence-corrected chi connectivity index (χ1v) is 8.49. The molecule has 0 bridgehead atoms. The Kier molecular flexibility index (Phi) is 8.43. The van der Waals surface area contributed by atoms with Gasteiger partial charge >= 0.3 is 5.97 Å². The van der Waals surface area contributed by atoms with Crippen LogP contribution in [0.4, 0.5) is 0 Å². The molecule has 1 fully saturated rings. The highest BCUT2D eigenvalue weighted by atomic mass is 16.6. The van der Waals surface area contributed by atoms with E-state index in [2.05, 4.69) is 13.8 Å². The molecule has 0 saturated carbocycles. The maximum Gasteiger partial charge on any atom is 0.303 e. The fourth-order valence-electron chi connectivity index (χ4n) is 2.76. The first-order valence-electron chi connectivity index (χ1n) is 8.49. The van der Waals surface area contributed by atoms with Gasteiger partial charge in [0.05, 0.1) is 12.6 Å². The van der Waals surface area contributed by atoms with Crippen LogP contribution in [0.25, 0.3) is 0 Å². The van der Waals surface area contributed by atoms with Crippen LogP contribution in [0.2, 0.25) is 0 Å². The van der Waals surface area contributed by atoms with Gasteiger partial charge in [0.1, 0.15) is 25.7 Å². The lowest BCUT2D eigenvalue weighted by atomic mass is 9.89. The molecule has 22 heavy (non-hydrogen) atoms. The molecule has 4 atom stereocenters. The van der Waals surface area contributed by atoms with Gasteiger partial charge in [-0.1, -0.05) is 26.7 Å². The van der Waals surface area contributed by atoms with Gasteiger partial charge in [0.25, 0.3) is 0 Å². The molecular formula is C16H31BO5. The van der Waals surface area contributed by atoms with E-state index in [0.717, 1.165) is 25.7 Å². The van der Waals surface area contributed by atoms with Crippen LogP contribution in [0.5, 0.6) is 0 Å². The Bertz CT molecular complexity index is 338. The summed E-state index contributed by atoms with van der Waals surface area (Å²) >= 11 is 0. The van der Waals surface area contributed by atoms with Gasteiger partial charge in [0.15, 0.2) is 0 Å². The van der Waals surface area contributed by atoms with Crippen LogP contribution in [-0.2, 0) is 23.7 Å². The van der Waals surface area contributed by atoms with Gasteiger partial charge in [0, 0.05) is 20.1 Å². The Balaban J connectivity index is 2.71. The summed E-state index contributed by atoms with van der Waals surface area (Å²) in [4.78, 5) is 11.4. The molecule has 128 valence electrons. The van der Waals surface area contributed by atoms with Gasteiger partial charge in [-0.3, -0.25) is 4.79 Å². The molecule has 1 saturated heterocycles. The van der Waals surface area contributed by atoms with E-state index in [1.165, 1.54) is 6.92 Å². The van der Waals surface area contributed by atoms with Crippen molar-refractivity contribution in [2.24, 2.45) is 0 Å². The fourth-order valence-corrected chi connectivity index (χ4v) is 2.76. The predicted octanol–water partition coefficient (Wildman–Crippen LogP) is 1.67. The summed E-state index contributed by atoms with van der Waals surface area (Å²) in [6.45, 7) is 9.45. The van der Waals surface area contributed by atoms with Crippen molar-refractivity contribution in [1.29, 1.82) is 0 Å². The minimum atomic E-state index is -0.582. The highest BCUT2D eigenvalue weighted by Gasteiger charge is 2.53. The van der Waals surface area contributed by atoms with Crippen molar-refractivity contribution in [1.82, 2.24) is 0 Å². The van der Waals surface area contributed by atoms with E-state index in [-0.39, 0.29) is 24.2 Å². The predicted molar refractivity (Wildman–Crippen MR) is 87.8 cm³/mol. The van der Waals surface area contributed by atoms with Crippen molar-refractivity contribution in [2.75, 3.05) is 19.8 Å². The molecule has 0 aromatic carbocycles. The van der Waals surface area contributed by atoms with Crippen molar-refractivity contribution in [3.05, 3.63) is 0 Å². The molecule has 0 aromatic heterocycles. The average Bonchev–Trinajstić information content (AvgIpc) is 2.67. The van der Waals surface area contributed by atoms with Crippen LogP contribution >= 0.6 is 0 Å². The number of esters is 1. The first kappa shape index (κ1) is 19.5. The second-order valence-corrected chi connectivity index (χ2v) is 6.26. The maximum atomic E-state index is 11.4. The monoisotopic (exact) mass is 314 g/mol. The number of hydrogen-bond donors (Lipinski definition) is 0. The zero-order chi connectivity index (χ0) is 16.6. The Morgan fingerprint density at radius 1 is 1.23 bits per heavy atom. The highest BCUT2D eigenvalue weighted by molar-refractivity contribution is 6.11. The maximum absolute atomic E-state index is 11.4. The summed E-state index contributed by atoms with van der Waals surface area (Å²) in [6, 6.07) is -0.199. The van der Waals surface area contributed by atoms with Crippen molar-refractivity contribution in [2.45, 2.75) is 77.2 Å². The SMILES string of the molecule is B[C@@H]1O[C@](C)(COCCCC)C(OCCCC)C1OC(C)=O. The molecule has 0 aromatic rings. The second kappa shape index (κ2) is 9.53. The normalized spacial score (nSPS) is 31.4. The lowest BCUT2D eigenvalue weighted by molar-refractivity contribution is -0.156. The van der Waals surface area contributed by atoms with Crippen LogP contribution in [-0.4, -0.2) is 57.4 Å². The summed E-state index contributed by atoms with van der Waals surface area (Å²) in [5.41, 5.74) is -0.582. The number of rotatable bonds is 10. The molecular weight excluding hydrogens is 283 g/mol. The largest absolute Gasteiger partial charge is 0.458 e. The molecule has 6 heteroatoms. The molecule has 0 N–H and O–H groups in total. The third kappa shape index (κ3) is 5.56. The second-order valence-electron chi connectivity index (χ2n) is 6.26. The number of ether oxygens (including phenoxy) is 4. The molecule has 0 aliphatic carbocycles. The topological polar surface area (TPSA) is 54.0 Å². The Morgan fingerprint density at radius 3 is 2.45 bits per heavy atom. The third-order valence-electron chi connectivity index (χ3n) is 3.95. The summed E-state index contributed by atoms with van der Waals surface area (Å²) in [5, 5.41) is 0. The average molecular weight is 314 g/mol. The van der Waals surface area contributed by atoms with Crippen LogP contribution in [0, 0.1) is 0 Å². The Hall–Kier alpha value is -0.585. The summed E-state index contributed by atoms with van der Waals surface area (Å²) in [6.07, 6.45) is 3.49. The number of carbonyl (C=O) groups is 1. The van der Waals surface area contributed by atoms with E-state index in [4.69, 9.17) is 18.9 Å². The molecule has 5 nitrogen and oxygen atoms in total. The van der Waals surface area contributed by atoms with E-state index in [0.29, 0.717) is 19.8 Å². The molecule has 0 amide bonds. The molecule has 1 aliphatic heterocycles. The van der Waals surface area contributed by atoms with Gasteiger partial charge in [-0.2, -0.15) is 0 Å². The van der Waals surface area contributed by atoms with Crippen molar-refractivity contribution < 1.29 is 23.7 Å². The number of unbranched alkanes of at least 4 members (excludes halogenated alkanes) is 2. The fraction of sp³-hybridized carbons (Fsp3) is 0.938. The molecule has 1 aliphatic rings. The van der Waals surface area contributed by atoms with E-state index < -0.39 is 5.60 Å². The summed E-state index contributed by atoms with van der Waals surface area (Å²) < 4.78 is 23.3. The quantitative estimate of drug-likeness (QED) is 0.349. The zero-order valence-corrected chi connectivity index (χ0v) is 14.7. The smallest absolute Gasteiger partial charge is 0.303 e. The number of carbonyl (C=O) groups excluding carboxylic acids is 1. The van der Waals surface area contributed by atoms with Crippen molar-refractivity contribution in [3.8, 4) is 0 Å². The summed E-state index contributed by atoms with van der Waals surface area (Å²) in [5.74, 6) is -0.305. The Morgan fingerprint density at radius 2 is 1.86 bits per heavy atom. The van der Waals surface area contributed by atoms with Gasteiger partial charge in [-0.15, -0.1) is 0 Å². The molecule has 2 unspecified atom stereocenters. The Labute approximate surface area is 135 Å². The van der Waals surface area contributed by atoms with Crippen molar-refractivity contribution >= 4 is 13.8 Å². The first-order chi connectivity index (χ1) is 10.4. The van der Waals surface area contributed by atoms with Gasteiger partial charge in [-0.25, -0.2) is 0 Å². The van der Waals surface area contributed by atoms with E-state index in [9.17, 15) is 4.79 Å². The summed E-state index contributed by atoms with van der Waals surface area (Å²) in [7, 11) is 1.92. The van der Waals surface area contributed by atoms with Crippen molar-refractivity contribution in [3.63, 3.8) is 0 Å². The zero-order valence-electron chi connectivity index (χ0n) is 14.7. The van der Waals surface area contributed by atoms with Crippen LogP contribution < -0.4 is 0 Å². The minimum Gasteiger partial charge on any atom is -0.458 e. The minimum absolute atomic E-state index is 0.199. The van der Waals surface area contributed by atoms with Crippen LogP contribution in [0.3, 0.4) is 0 Å². The third-order valence-corrected chi connectivity index (χ3v) is 3.95. The van der Waals surface area contributed by atoms with E-state index in [1.807, 2.05) is 14.8 Å². The van der Waals surface area contributed by atoms with Gasteiger partial charge in [0.2, 0.25) is 0 Å². The lowest BCUT2D eigenvalue weighted by Gasteiger charge is -2.31. The standard InChI is InChI=1S/C16H31BO5/c1-5-7-9-19-11-16(4)14(20-10-8-6-2)13(15(17)22-16)21-12(3)18/h13-15H,5-11,17H2,1-4H3/t13?,14?,15-,16-/m1/s1.